The van der Waals surface area contributed by atoms with Gasteiger partial charge in [0.25, 0.3) is 0 Å². The fraction of sp³-hybridized carbons (Fsp3) is 0.560. The highest BCUT2D eigenvalue weighted by atomic mass is 16.5. The predicted molar refractivity (Wildman–Crippen MR) is 120 cm³/mol. The van der Waals surface area contributed by atoms with Crippen molar-refractivity contribution in [2.75, 3.05) is 37.8 Å². The summed E-state index contributed by atoms with van der Waals surface area (Å²) in [5.74, 6) is 0.972. The maximum absolute atomic E-state index is 13.3. The third kappa shape index (κ3) is 3.90. The number of rotatable bonds is 5. The van der Waals surface area contributed by atoms with Gasteiger partial charge >= 0.3 is 11.9 Å². The normalized spacial score (nSPS) is 30.2. The quantitative estimate of drug-likeness (QED) is 0.683. The number of nitrogens with one attached hydrogen (secondary N) is 1. The summed E-state index contributed by atoms with van der Waals surface area (Å²) in [4.78, 5) is 39.5. The Balaban J connectivity index is 1.34. The number of carbonyl (C=O) groups is 3. The van der Waals surface area contributed by atoms with Crippen molar-refractivity contribution in [1.29, 1.82) is 0 Å². The van der Waals surface area contributed by atoms with Gasteiger partial charge in [-0.15, -0.1) is 0 Å². The van der Waals surface area contributed by atoms with Gasteiger partial charge in [-0.1, -0.05) is 0 Å². The molecular formula is C25H30N2O6. The maximum atomic E-state index is 13.3. The van der Waals surface area contributed by atoms with E-state index >= 15 is 0 Å². The maximum Gasteiger partial charge on any atom is 0.355 e. The first kappa shape index (κ1) is 21.9. The SMILES string of the molecule is COC(=O)C1=C(C(=O)OC)N(c2ccc(NC(=O)C34CC5CC(CC(C5)C3)C4)cc2)COC1. The Bertz CT molecular complexity index is 963. The Morgan fingerprint density at radius 3 is 2.06 bits per heavy atom. The van der Waals surface area contributed by atoms with E-state index in [2.05, 4.69) is 5.32 Å². The molecule has 0 atom stereocenters. The standard InChI is InChI=1S/C25H30N2O6/c1-31-22(28)20-13-33-14-27(21(20)23(29)32-2)19-5-3-18(4-6-19)26-24(30)25-10-15-7-16(11-25)9-17(8-15)12-25/h3-6,15-17H,7-14H2,1-2H3,(H,26,30). The number of amides is 1. The summed E-state index contributed by atoms with van der Waals surface area (Å²) in [7, 11) is 2.52. The Hall–Kier alpha value is -2.87. The Morgan fingerprint density at radius 1 is 0.939 bits per heavy atom. The van der Waals surface area contributed by atoms with Gasteiger partial charge in [-0.3, -0.25) is 4.79 Å². The first-order valence-corrected chi connectivity index (χ1v) is 11.6. The third-order valence-corrected chi connectivity index (χ3v) is 7.79. The molecule has 4 bridgehead atoms. The Morgan fingerprint density at radius 2 is 1.52 bits per heavy atom. The van der Waals surface area contributed by atoms with E-state index in [0.717, 1.165) is 19.3 Å². The molecule has 1 aliphatic heterocycles. The molecular weight excluding hydrogens is 424 g/mol. The van der Waals surface area contributed by atoms with Crippen LogP contribution in [0, 0.1) is 23.2 Å². The van der Waals surface area contributed by atoms with Crippen LogP contribution < -0.4 is 10.2 Å². The first-order valence-electron chi connectivity index (χ1n) is 11.6. The van der Waals surface area contributed by atoms with Gasteiger partial charge in [-0.2, -0.15) is 0 Å². The van der Waals surface area contributed by atoms with Crippen LogP contribution in [0.5, 0.6) is 0 Å². The fourth-order valence-electron chi connectivity index (χ4n) is 6.72. The molecule has 1 heterocycles. The lowest BCUT2D eigenvalue weighted by molar-refractivity contribution is -0.140. The van der Waals surface area contributed by atoms with E-state index in [1.165, 1.54) is 33.5 Å². The molecule has 33 heavy (non-hydrogen) atoms. The largest absolute Gasteiger partial charge is 0.466 e. The van der Waals surface area contributed by atoms with Gasteiger partial charge < -0.3 is 24.4 Å². The Kier molecular flexibility index (Phi) is 5.64. The Labute approximate surface area is 193 Å². The molecule has 4 aliphatic carbocycles. The van der Waals surface area contributed by atoms with Crippen LogP contribution in [-0.2, 0) is 28.6 Å². The summed E-state index contributed by atoms with van der Waals surface area (Å²) in [5, 5.41) is 3.14. The van der Waals surface area contributed by atoms with Gasteiger partial charge in [0.15, 0.2) is 0 Å². The van der Waals surface area contributed by atoms with Crippen LogP contribution in [0.3, 0.4) is 0 Å². The molecule has 4 fully saturated rings. The zero-order valence-electron chi connectivity index (χ0n) is 19.1. The summed E-state index contributed by atoms with van der Waals surface area (Å²) in [6.45, 7) is 0.0523. The summed E-state index contributed by atoms with van der Waals surface area (Å²) in [6.07, 6.45) is 6.92. The van der Waals surface area contributed by atoms with Gasteiger partial charge in [-0.25, -0.2) is 9.59 Å². The minimum Gasteiger partial charge on any atom is -0.466 e. The third-order valence-electron chi connectivity index (χ3n) is 7.79. The smallest absolute Gasteiger partial charge is 0.355 e. The van der Waals surface area contributed by atoms with Crippen LogP contribution in [0.25, 0.3) is 0 Å². The lowest BCUT2D eigenvalue weighted by Gasteiger charge is -2.55. The number of hydrogen-bond acceptors (Lipinski definition) is 7. The van der Waals surface area contributed by atoms with Crippen molar-refractivity contribution in [1.82, 2.24) is 0 Å². The van der Waals surface area contributed by atoms with Crippen molar-refractivity contribution >= 4 is 29.2 Å². The van der Waals surface area contributed by atoms with E-state index in [1.807, 2.05) is 12.1 Å². The highest BCUT2D eigenvalue weighted by Crippen LogP contribution is 2.60. The van der Waals surface area contributed by atoms with Crippen molar-refractivity contribution in [3.8, 4) is 0 Å². The second-order valence-electron chi connectivity index (χ2n) is 9.91. The molecule has 8 nitrogen and oxygen atoms in total. The number of hydrogen-bond donors (Lipinski definition) is 1. The van der Waals surface area contributed by atoms with Crippen LogP contribution in [0.15, 0.2) is 35.5 Å². The molecule has 0 saturated heterocycles. The van der Waals surface area contributed by atoms with Crippen LogP contribution in [-0.4, -0.2) is 45.4 Å². The molecule has 0 aromatic heterocycles. The predicted octanol–water partition coefficient (Wildman–Crippen LogP) is 3.24. The number of ether oxygens (including phenoxy) is 3. The molecule has 0 spiro atoms. The molecule has 176 valence electrons. The molecule has 0 radical (unpaired) electrons. The molecule has 4 saturated carbocycles. The van der Waals surface area contributed by atoms with Gasteiger partial charge in [-0.05, 0) is 80.5 Å². The van der Waals surface area contributed by atoms with Crippen LogP contribution in [0.1, 0.15) is 38.5 Å². The summed E-state index contributed by atoms with van der Waals surface area (Å²) in [5.41, 5.74) is 1.35. The van der Waals surface area contributed by atoms with Crippen LogP contribution >= 0.6 is 0 Å². The minimum atomic E-state index is -0.641. The summed E-state index contributed by atoms with van der Waals surface area (Å²) >= 11 is 0. The van der Waals surface area contributed by atoms with Gasteiger partial charge in [0.2, 0.25) is 5.91 Å². The number of benzene rings is 1. The number of methoxy groups -OCH3 is 2. The van der Waals surface area contributed by atoms with E-state index in [0.29, 0.717) is 29.1 Å². The van der Waals surface area contributed by atoms with Crippen molar-refractivity contribution < 1.29 is 28.6 Å². The highest BCUT2D eigenvalue weighted by molar-refractivity contribution is 6.03. The lowest BCUT2D eigenvalue weighted by atomic mass is 9.49. The molecule has 8 heteroatoms. The molecule has 1 N–H and O–H groups in total. The lowest BCUT2D eigenvalue weighted by Crippen LogP contribution is -2.51. The van der Waals surface area contributed by atoms with E-state index in [9.17, 15) is 14.4 Å². The van der Waals surface area contributed by atoms with Crippen molar-refractivity contribution in [2.24, 2.45) is 23.2 Å². The van der Waals surface area contributed by atoms with Crippen molar-refractivity contribution in [3.05, 3.63) is 35.5 Å². The number of nitrogens with zero attached hydrogens (tertiary/aromatic N) is 1. The summed E-state index contributed by atoms with van der Waals surface area (Å²) < 4.78 is 15.2. The molecule has 5 aliphatic rings. The van der Waals surface area contributed by atoms with E-state index < -0.39 is 11.9 Å². The zero-order valence-corrected chi connectivity index (χ0v) is 19.1. The topological polar surface area (TPSA) is 94.2 Å². The monoisotopic (exact) mass is 454 g/mol. The first-order chi connectivity index (χ1) is 15.9. The van der Waals surface area contributed by atoms with Gasteiger partial charge in [0.1, 0.15) is 12.4 Å². The highest BCUT2D eigenvalue weighted by Gasteiger charge is 2.54. The molecule has 1 aromatic rings. The number of carbonyl (C=O) groups excluding carboxylic acids is 3. The van der Waals surface area contributed by atoms with Crippen molar-refractivity contribution in [3.63, 3.8) is 0 Å². The van der Waals surface area contributed by atoms with E-state index in [-0.39, 0.29) is 35.9 Å². The average molecular weight is 455 g/mol. The second-order valence-corrected chi connectivity index (χ2v) is 9.91. The molecule has 0 unspecified atom stereocenters. The van der Waals surface area contributed by atoms with Crippen molar-refractivity contribution in [2.45, 2.75) is 38.5 Å². The second kappa shape index (κ2) is 8.48. The zero-order chi connectivity index (χ0) is 23.2. The van der Waals surface area contributed by atoms with Crippen LogP contribution in [0.2, 0.25) is 0 Å². The minimum absolute atomic E-state index is 0.0349. The van der Waals surface area contributed by atoms with Gasteiger partial charge in [0, 0.05) is 11.4 Å². The molecule has 1 amide bonds. The van der Waals surface area contributed by atoms with E-state index in [1.54, 1.807) is 17.0 Å². The number of esters is 2. The average Bonchev–Trinajstić information content (AvgIpc) is 2.82. The fourth-order valence-corrected chi connectivity index (χ4v) is 6.72. The summed E-state index contributed by atoms with van der Waals surface area (Å²) in [6, 6.07) is 7.22. The van der Waals surface area contributed by atoms with Crippen LogP contribution in [0.4, 0.5) is 11.4 Å². The van der Waals surface area contributed by atoms with Gasteiger partial charge in [0.05, 0.1) is 31.8 Å². The van der Waals surface area contributed by atoms with E-state index in [4.69, 9.17) is 14.2 Å². The number of anilines is 2. The molecule has 6 rings (SSSR count). The molecule has 1 aromatic carbocycles.